The van der Waals surface area contributed by atoms with Crippen LogP contribution in [0.15, 0.2) is 12.1 Å². The number of nitrogens with one attached hydrogen (secondary N) is 1. The fraction of sp³-hybridized carbons (Fsp3) is 0.462. The van der Waals surface area contributed by atoms with Gasteiger partial charge in [0.2, 0.25) is 0 Å². The monoisotopic (exact) mass is 302 g/mol. The van der Waals surface area contributed by atoms with Gasteiger partial charge in [0.1, 0.15) is 17.3 Å². The standard InChI is InChI=1S/C13H16F2N2O2S/c14-10-7-9(13(18)19)8-11(15)12(10)16-1-2-17-3-5-20-6-4-17/h7-8,16H,1-6H2,(H,18,19). The molecule has 1 aliphatic heterocycles. The lowest BCUT2D eigenvalue weighted by Crippen LogP contribution is -2.36. The van der Waals surface area contributed by atoms with E-state index in [2.05, 4.69) is 10.2 Å². The molecular formula is C13H16F2N2O2S. The number of halogens is 2. The van der Waals surface area contributed by atoms with Gasteiger partial charge < -0.3 is 10.4 Å². The molecule has 0 radical (unpaired) electrons. The van der Waals surface area contributed by atoms with Crippen molar-refractivity contribution >= 4 is 23.4 Å². The SMILES string of the molecule is O=C(O)c1cc(F)c(NCCN2CCSCC2)c(F)c1. The molecule has 0 unspecified atom stereocenters. The highest BCUT2D eigenvalue weighted by Crippen LogP contribution is 2.20. The maximum absolute atomic E-state index is 13.7. The Kier molecular flexibility index (Phi) is 5.19. The van der Waals surface area contributed by atoms with Crippen LogP contribution in [0.2, 0.25) is 0 Å². The third kappa shape index (κ3) is 3.83. The van der Waals surface area contributed by atoms with Gasteiger partial charge in [-0.1, -0.05) is 0 Å². The van der Waals surface area contributed by atoms with Gasteiger partial charge in [-0.05, 0) is 12.1 Å². The van der Waals surface area contributed by atoms with Gasteiger partial charge in [-0.25, -0.2) is 13.6 Å². The summed E-state index contributed by atoms with van der Waals surface area (Å²) in [6.07, 6.45) is 0. The average Bonchev–Trinajstić information content (AvgIpc) is 2.42. The molecular weight excluding hydrogens is 286 g/mol. The average molecular weight is 302 g/mol. The Morgan fingerprint density at radius 3 is 2.45 bits per heavy atom. The smallest absolute Gasteiger partial charge is 0.335 e. The minimum atomic E-state index is -1.35. The Bertz CT molecular complexity index is 470. The van der Waals surface area contributed by atoms with Crippen LogP contribution in [0.5, 0.6) is 0 Å². The van der Waals surface area contributed by atoms with Gasteiger partial charge in [0, 0.05) is 37.7 Å². The van der Waals surface area contributed by atoms with E-state index in [-0.39, 0.29) is 5.69 Å². The van der Waals surface area contributed by atoms with Crippen LogP contribution in [0.1, 0.15) is 10.4 Å². The largest absolute Gasteiger partial charge is 0.478 e. The first-order valence-corrected chi connectivity index (χ1v) is 7.49. The first kappa shape index (κ1) is 15.1. The Balaban J connectivity index is 1.93. The molecule has 1 aromatic carbocycles. The molecule has 2 N–H and O–H groups in total. The number of benzene rings is 1. The third-order valence-corrected chi connectivity index (χ3v) is 4.07. The van der Waals surface area contributed by atoms with Crippen molar-refractivity contribution in [2.45, 2.75) is 0 Å². The van der Waals surface area contributed by atoms with Crippen molar-refractivity contribution in [3.8, 4) is 0 Å². The number of nitrogens with zero attached hydrogens (tertiary/aromatic N) is 1. The molecule has 4 nitrogen and oxygen atoms in total. The molecule has 2 rings (SSSR count). The number of thioether (sulfide) groups is 1. The lowest BCUT2D eigenvalue weighted by atomic mass is 10.2. The highest BCUT2D eigenvalue weighted by Gasteiger charge is 2.15. The zero-order valence-electron chi connectivity index (χ0n) is 10.9. The summed E-state index contributed by atoms with van der Waals surface area (Å²) in [4.78, 5) is 12.9. The maximum Gasteiger partial charge on any atom is 0.335 e. The molecule has 1 aliphatic rings. The van der Waals surface area contributed by atoms with Crippen LogP contribution in [0.25, 0.3) is 0 Å². The van der Waals surface area contributed by atoms with Crippen molar-refractivity contribution in [1.82, 2.24) is 4.90 Å². The summed E-state index contributed by atoms with van der Waals surface area (Å²) in [7, 11) is 0. The van der Waals surface area contributed by atoms with Crippen LogP contribution >= 0.6 is 11.8 Å². The van der Waals surface area contributed by atoms with E-state index in [4.69, 9.17) is 5.11 Å². The van der Waals surface area contributed by atoms with Crippen LogP contribution < -0.4 is 5.32 Å². The lowest BCUT2D eigenvalue weighted by Gasteiger charge is -2.26. The summed E-state index contributed by atoms with van der Waals surface area (Å²) in [5, 5.41) is 11.4. The summed E-state index contributed by atoms with van der Waals surface area (Å²) in [6, 6.07) is 1.65. The van der Waals surface area contributed by atoms with E-state index in [1.165, 1.54) is 0 Å². The van der Waals surface area contributed by atoms with E-state index in [1.807, 2.05) is 11.8 Å². The van der Waals surface area contributed by atoms with Crippen molar-refractivity contribution in [2.75, 3.05) is 43.0 Å². The number of anilines is 1. The predicted octanol–water partition coefficient (Wildman–Crippen LogP) is 2.12. The highest BCUT2D eigenvalue weighted by molar-refractivity contribution is 7.99. The number of rotatable bonds is 5. The molecule has 0 aliphatic carbocycles. The van der Waals surface area contributed by atoms with Crippen molar-refractivity contribution in [3.63, 3.8) is 0 Å². The quantitative estimate of drug-likeness (QED) is 0.872. The fourth-order valence-electron chi connectivity index (χ4n) is 2.03. The van der Waals surface area contributed by atoms with Crippen LogP contribution in [0.3, 0.4) is 0 Å². The summed E-state index contributed by atoms with van der Waals surface area (Å²) >= 11 is 1.90. The summed E-state index contributed by atoms with van der Waals surface area (Å²) in [5.74, 6) is -0.945. The van der Waals surface area contributed by atoms with E-state index in [1.54, 1.807) is 0 Å². The van der Waals surface area contributed by atoms with Crippen molar-refractivity contribution in [3.05, 3.63) is 29.3 Å². The first-order chi connectivity index (χ1) is 9.58. The van der Waals surface area contributed by atoms with Gasteiger partial charge in [-0.15, -0.1) is 0 Å². The molecule has 0 saturated carbocycles. The topological polar surface area (TPSA) is 52.6 Å². The van der Waals surface area contributed by atoms with Crippen molar-refractivity contribution in [1.29, 1.82) is 0 Å². The van der Waals surface area contributed by atoms with Crippen LogP contribution in [0.4, 0.5) is 14.5 Å². The molecule has 0 aromatic heterocycles. The minimum Gasteiger partial charge on any atom is -0.478 e. The molecule has 0 bridgehead atoms. The number of carboxylic acids is 1. The van der Waals surface area contributed by atoms with Crippen molar-refractivity contribution in [2.24, 2.45) is 0 Å². The molecule has 1 saturated heterocycles. The number of hydrogen-bond donors (Lipinski definition) is 2. The molecule has 0 amide bonds. The van der Waals surface area contributed by atoms with Crippen LogP contribution in [-0.2, 0) is 0 Å². The second-order valence-corrected chi connectivity index (χ2v) is 5.73. The van der Waals surface area contributed by atoms with Crippen molar-refractivity contribution < 1.29 is 18.7 Å². The van der Waals surface area contributed by atoms with Gasteiger partial charge >= 0.3 is 5.97 Å². The number of carbonyl (C=O) groups is 1. The normalized spacial score (nSPS) is 16.1. The van der Waals surface area contributed by atoms with E-state index in [9.17, 15) is 13.6 Å². The number of aromatic carboxylic acids is 1. The van der Waals surface area contributed by atoms with Gasteiger partial charge in [-0.2, -0.15) is 11.8 Å². The zero-order valence-corrected chi connectivity index (χ0v) is 11.7. The third-order valence-electron chi connectivity index (χ3n) is 3.12. The molecule has 1 aromatic rings. The van der Waals surface area contributed by atoms with E-state index in [0.717, 1.165) is 36.7 Å². The minimum absolute atomic E-state index is 0.263. The van der Waals surface area contributed by atoms with E-state index in [0.29, 0.717) is 13.1 Å². The molecule has 1 fully saturated rings. The second-order valence-electron chi connectivity index (χ2n) is 4.50. The van der Waals surface area contributed by atoms with Gasteiger partial charge in [0.25, 0.3) is 0 Å². The predicted molar refractivity (Wildman–Crippen MR) is 75.6 cm³/mol. The summed E-state index contributed by atoms with van der Waals surface area (Å²) in [5.41, 5.74) is -0.653. The van der Waals surface area contributed by atoms with Crippen LogP contribution in [-0.4, -0.2) is 53.7 Å². The molecule has 7 heteroatoms. The fourth-order valence-corrected chi connectivity index (χ4v) is 3.01. The van der Waals surface area contributed by atoms with Gasteiger partial charge in [0.05, 0.1) is 5.56 Å². The van der Waals surface area contributed by atoms with E-state index < -0.39 is 23.2 Å². The highest BCUT2D eigenvalue weighted by atomic mass is 32.2. The Morgan fingerprint density at radius 1 is 1.30 bits per heavy atom. The Morgan fingerprint density at radius 2 is 1.90 bits per heavy atom. The maximum atomic E-state index is 13.7. The number of carboxylic acid groups (broad SMARTS) is 1. The Hall–Kier alpha value is -1.34. The molecule has 0 atom stereocenters. The molecule has 20 heavy (non-hydrogen) atoms. The summed E-state index contributed by atoms with van der Waals surface area (Å²) in [6.45, 7) is 3.09. The molecule has 0 spiro atoms. The van der Waals surface area contributed by atoms with Gasteiger partial charge in [0.15, 0.2) is 0 Å². The first-order valence-electron chi connectivity index (χ1n) is 6.34. The summed E-state index contributed by atoms with van der Waals surface area (Å²) < 4.78 is 27.3. The molecule has 1 heterocycles. The lowest BCUT2D eigenvalue weighted by molar-refractivity contribution is 0.0696. The molecule has 110 valence electrons. The number of hydrogen-bond acceptors (Lipinski definition) is 4. The zero-order chi connectivity index (χ0) is 14.5. The van der Waals surface area contributed by atoms with Crippen LogP contribution in [0, 0.1) is 11.6 Å². The second kappa shape index (κ2) is 6.90. The Labute approximate surface area is 120 Å². The van der Waals surface area contributed by atoms with Gasteiger partial charge in [-0.3, -0.25) is 4.90 Å². The van der Waals surface area contributed by atoms with E-state index >= 15 is 0 Å².